The van der Waals surface area contributed by atoms with Gasteiger partial charge in [-0.05, 0) is 37.6 Å². The fourth-order valence-electron chi connectivity index (χ4n) is 4.85. The second-order valence-electron chi connectivity index (χ2n) is 8.70. The summed E-state index contributed by atoms with van der Waals surface area (Å²) in [6, 6.07) is 11.8. The van der Waals surface area contributed by atoms with Crippen LogP contribution in [0.3, 0.4) is 0 Å². The number of para-hydroxylation sites is 1. The number of fused-ring (bicyclic) bond motifs is 4. The standard InChI is InChI=1S/C23H24Cl2N2O3/c1-22(2)13-23(9-10-29-22)27-19(15-5-4-6-20(28-3)21(15)30-23)12-18(26-27)14-7-8-16(24)17(25)11-14/h4-8,11,19H,9-10,12-13H2,1-3H3. The fourth-order valence-corrected chi connectivity index (χ4v) is 5.15. The van der Waals surface area contributed by atoms with E-state index in [1.54, 1.807) is 7.11 Å². The minimum Gasteiger partial charge on any atom is -0.493 e. The third kappa shape index (κ3) is 3.15. The lowest BCUT2D eigenvalue weighted by Gasteiger charge is -2.52. The van der Waals surface area contributed by atoms with Crippen LogP contribution in [0.2, 0.25) is 10.0 Å². The maximum absolute atomic E-state index is 6.73. The zero-order valence-electron chi connectivity index (χ0n) is 17.2. The van der Waals surface area contributed by atoms with Crippen LogP contribution in [-0.2, 0) is 4.74 Å². The molecule has 2 aromatic carbocycles. The van der Waals surface area contributed by atoms with Gasteiger partial charge in [-0.1, -0.05) is 41.4 Å². The molecular formula is C23H24Cl2N2O3. The molecule has 0 amide bonds. The molecule has 0 saturated carbocycles. The molecule has 2 atom stereocenters. The number of rotatable bonds is 2. The molecule has 1 fully saturated rings. The molecule has 158 valence electrons. The molecule has 1 saturated heterocycles. The van der Waals surface area contributed by atoms with Crippen LogP contribution in [-0.4, -0.2) is 35.8 Å². The largest absolute Gasteiger partial charge is 0.493 e. The number of methoxy groups -OCH3 is 1. The van der Waals surface area contributed by atoms with Gasteiger partial charge >= 0.3 is 0 Å². The molecule has 7 heteroatoms. The van der Waals surface area contributed by atoms with E-state index in [0.29, 0.717) is 23.1 Å². The van der Waals surface area contributed by atoms with Crippen molar-refractivity contribution in [2.75, 3.05) is 13.7 Å². The Morgan fingerprint density at radius 2 is 2.00 bits per heavy atom. The van der Waals surface area contributed by atoms with Crippen LogP contribution in [0.25, 0.3) is 0 Å². The number of hydrazone groups is 1. The zero-order chi connectivity index (χ0) is 21.1. The van der Waals surface area contributed by atoms with Gasteiger partial charge in [-0.25, -0.2) is 5.01 Å². The Hall–Kier alpha value is -1.95. The summed E-state index contributed by atoms with van der Waals surface area (Å²) in [5.41, 5.74) is 2.13. The number of hydrogen-bond acceptors (Lipinski definition) is 5. The summed E-state index contributed by atoms with van der Waals surface area (Å²) >= 11 is 12.4. The molecule has 0 N–H and O–H groups in total. The lowest BCUT2D eigenvalue weighted by molar-refractivity contribution is -0.212. The Balaban J connectivity index is 1.63. The minimum absolute atomic E-state index is 0.0576. The van der Waals surface area contributed by atoms with Crippen LogP contribution < -0.4 is 9.47 Å². The summed E-state index contributed by atoms with van der Waals surface area (Å²) in [5.74, 6) is 1.56. The lowest BCUT2D eigenvalue weighted by atomic mass is 9.86. The summed E-state index contributed by atoms with van der Waals surface area (Å²) < 4.78 is 18.4. The molecule has 1 spiro atoms. The molecule has 2 aromatic rings. The molecule has 0 aromatic heterocycles. The van der Waals surface area contributed by atoms with Crippen molar-refractivity contribution in [1.82, 2.24) is 5.01 Å². The van der Waals surface area contributed by atoms with Crippen LogP contribution in [0.15, 0.2) is 41.5 Å². The molecule has 2 unspecified atom stereocenters. The van der Waals surface area contributed by atoms with Crippen molar-refractivity contribution in [3.63, 3.8) is 0 Å². The third-order valence-corrected chi connectivity index (χ3v) is 6.89. The van der Waals surface area contributed by atoms with Crippen LogP contribution in [0.1, 0.15) is 50.3 Å². The molecule has 5 rings (SSSR count). The molecule has 5 nitrogen and oxygen atoms in total. The highest BCUT2D eigenvalue weighted by Crippen LogP contribution is 2.54. The van der Waals surface area contributed by atoms with E-state index in [1.165, 1.54) is 0 Å². The third-order valence-electron chi connectivity index (χ3n) is 6.15. The van der Waals surface area contributed by atoms with Crippen LogP contribution >= 0.6 is 23.2 Å². The van der Waals surface area contributed by atoms with Crippen molar-refractivity contribution in [1.29, 1.82) is 0 Å². The van der Waals surface area contributed by atoms with E-state index in [-0.39, 0.29) is 11.6 Å². The molecule has 0 bridgehead atoms. The lowest BCUT2D eigenvalue weighted by Crippen LogP contribution is -2.60. The van der Waals surface area contributed by atoms with E-state index in [4.69, 9.17) is 42.5 Å². The molecule has 3 aliphatic rings. The smallest absolute Gasteiger partial charge is 0.203 e. The first-order chi connectivity index (χ1) is 14.3. The molecule has 0 aliphatic carbocycles. The predicted octanol–water partition coefficient (Wildman–Crippen LogP) is 5.83. The number of halogens is 2. The van der Waals surface area contributed by atoms with Crippen molar-refractivity contribution < 1.29 is 14.2 Å². The first kappa shape index (κ1) is 20.0. The van der Waals surface area contributed by atoms with E-state index in [9.17, 15) is 0 Å². The van der Waals surface area contributed by atoms with Crippen molar-refractivity contribution in [2.24, 2.45) is 5.10 Å². The highest BCUT2D eigenvalue weighted by molar-refractivity contribution is 6.42. The van der Waals surface area contributed by atoms with Crippen LogP contribution in [0.4, 0.5) is 0 Å². The molecule has 0 radical (unpaired) electrons. The average Bonchev–Trinajstić information content (AvgIpc) is 3.16. The predicted molar refractivity (Wildman–Crippen MR) is 118 cm³/mol. The molecule has 3 aliphatic heterocycles. The number of benzene rings is 2. The summed E-state index contributed by atoms with van der Waals surface area (Å²) in [6.45, 7) is 4.81. The normalized spacial score (nSPS) is 26.6. The van der Waals surface area contributed by atoms with Gasteiger partial charge in [-0.2, -0.15) is 5.10 Å². The van der Waals surface area contributed by atoms with Crippen molar-refractivity contribution in [2.45, 2.75) is 50.5 Å². The Labute approximate surface area is 186 Å². The summed E-state index contributed by atoms with van der Waals surface area (Å²) in [4.78, 5) is 0. The summed E-state index contributed by atoms with van der Waals surface area (Å²) in [6.07, 6.45) is 2.18. The van der Waals surface area contributed by atoms with E-state index in [0.717, 1.165) is 41.2 Å². The molecule has 30 heavy (non-hydrogen) atoms. The van der Waals surface area contributed by atoms with Crippen molar-refractivity contribution in [3.05, 3.63) is 57.6 Å². The first-order valence-electron chi connectivity index (χ1n) is 10.1. The van der Waals surface area contributed by atoms with Gasteiger partial charge in [-0.3, -0.25) is 0 Å². The minimum atomic E-state index is -0.591. The van der Waals surface area contributed by atoms with E-state index < -0.39 is 5.72 Å². The summed E-state index contributed by atoms with van der Waals surface area (Å²) in [5, 5.41) is 8.29. The van der Waals surface area contributed by atoms with Gasteiger partial charge in [-0.15, -0.1) is 0 Å². The maximum atomic E-state index is 6.73. The van der Waals surface area contributed by atoms with E-state index in [2.05, 4.69) is 24.9 Å². The SMILES string of the molecule is COc1cccc2c1OC1(CCOC(C)(C)C1)N1N=C(c3ccc(Cl)c(Cl)c3)CC21. The Kier molecular flexibility index (Phi) is 4.69. The fraction of sp³-hybridized carbons (Fsp3) is 0.435. The van der Waals surface area contributed by atoms with E-state index in [1.807, 2.05) is 30.3 Å². The zero-order valence-corrected chi connectivity index (χ0v) is 18.8. The maximum Gasteiger partial charge on any atom is 0.203 e. The van der Waals surface area contributed by atoms with Gasteiger partial charge in [0.15, 0.2) is 11.5 Å². The van der Waals surface area contributed by atoms with Gasteiger partial charge in [0.1, 0.15) is 0 Å². The number of hydrogen-bond donors (Lipinski definition) is 0. The Bertz CT molecular complexity index is 1040. The summed E-state index contributed by atoms with van der Waals surface area (Å²) in [7, 11) is 1.68. The van der Waals surface area contributed by atoms with Crippen LogP contribution in [0, 0.1) is 0 Å². The van der Waals surface area contributed by atoms with Gasteiger partial charge in [0, 0.05) is 24.8 Å². The van der Waals surface area contributed by atoms with Gasteiger partial charge in [0.05, 0.1) is 41.1 Å². The monoisotopic (exact) mass is 446 g/mol. The Morgan fingerprint density at radius 1 is 1.17 bits per heavy atom. The Morgan fingerprint density at radius 3 is 2.73 bits per heavy atom. The average molecular weight is 447 g/mol. The van der Waals surface area contributed by atoms with Crippen LogP contribution in [0.5, 0.6) is 11.5 Å². The van der Waals surface area contributed by atoms with Gasteiger partial charge < -0.3 is 14.2 Å². The quantitative estimate of drug-likeness (QED) is 0.581. The number of nitrogens with zero attached hydrogens (tertiary/aromatic N) is 2. The van der Waals surface area contributed by atoms with Gasteiger partial charge in [0.25, 0.3) is 0 Å². The van der Waals surface area contributed by atoms with Crippen molar-refractivity contribution >= 4 is 28.9 Å². The molecule has 3 heterocycles. The number of ether oxygens (including phenoxy) is 3. The van der Waals surface area contributed by atoms with E-state index >= 15 is 0 Å². The topological polar surface area (TPSA) is 43.3 Å². The van der Waals surface area contributed by atoms with Gasteiger partial charge in [0.2, 0.25) is 5.72 Å². The molecular weight excluding hydrogens is 423 g/mol. The second-order valence-corrected chi connectivity index (χ2v) is 9.52. The second kappa shape index (κ2) is 7.04. The first-order valence-corrected chi connectivity index (χ1v) is 10.9. The highest BCUT2D eigenvalue weighted by Gasteiger charge is 2.55. The highest BCUT2D eigenvalue weighted by atomic mass is 35.5. The van der Waals surface area contributed by atoms with Crippen molar-refractivity contribution in [3.8, 4) is 11.5 Å².